The third-order valence-electron chi connectivity index (χ3n) is 5.33. The van der Waals surface area contributed by atoms with Gasteiger partial charge in [-0.05, 0) is 37.3 Å². The zero-order valence-electron chi connectivity index (χ0n) is 18.8. The quantitative estimate of drug-likeness (QED) is 0.307. The summed E-state index contributed by atoms with van der Waals surface area (Å²) in [6, 6.07) is 20.1. The Morgan fingerprint density at radius 1 is 0.882 bits per heavy atom. The minimum Gasteiger partial charge on any atom is -0.497 e. The van der Waals surface area contributed by atoms with E-state index in [1.165, 1.54) is 21.1 Å². The number of rotatable bonds is 7. The molecule has 34 heavy (non-hydrogen) atoms. The van der Waals surface area contributed by atoms with Gasteiger partial charge in [0.25, 0.3) is 5.56 Å². The first-order chi connectivity index (χ1) is 16.4. The van der Waals surface area contributed by atoms with Crippen molar-refractivity contribution in [2.75, 3.05) is 14.2 Å². The minimum atomic E-state index is -1.13. The highest BCUT2D eigenvalue weighted by Gasteiger charge is 2.26. The second kappa shape index (κ2) is 9.58. The maximum absolute atomic E-state index is 13.2. The van der Waals surface area contributed by atoms with Crippen LogP contribution in [0.4, 0.5) is 0 Å². The maximum atomic E-state index is 13.2. The van der Waals surface area contributed by atoms with E-state index in [2.05, 4.69) is 5.10 Å². The van der Waals surface area contributed by atoms with Gasteiger partial charge >= 0.3 is 5.97 Å². The Balaban J connectivity index is 1.70. The number of ether oxygens (including phenoxy) is 3. The van der Waals surface area contributed by atoms with E-state index in [1.54, 1.807) is 66.7 Å². The Morgan fingerprint density at radius 3 is 2.24 bits per heavy atom. The van der Waals surface area contributed by atoms with Gasteiger partial charge in [-0.1, -0.05) is 36.4 Å². The van der Waals surface area contributed by atoms with E-state index in [-0.39, 0.29) is 16.8 Å². The zero-order valence-corrected chi connectivity index (χ0v) is 18.8. The largest absolute Gasteiger partial charge is 0.497 e. The topological polar surface area (TPSA) is 96.7 Å². The van der Waals surface area contributed by atoms with Crippen LogP contribution >= 0.6 is 0 Å². The second-order valence-electron chi connectivity index (χ2n) is 7.42. The molecule has 0 amide bonds. The average molecular weight is 458 g/mol. The Bertz CT molecular complexity index is 1430. The van der Waals surface area contributed by atoms with Crippen LogP contribution in [0.25, 0.3) is 16.5 Å². The van der Waals surface area contributed by atoms with E-state index in [0.29, 0.717) is 28.0 Å². The molecule has 0 radical (unpaired) electrons. The fourth-order valence-electron chi connectivity index (χ4n) is 3.58. The van der Waals surface area contributed by atoms with Crippen molar-refractivity contribution in [3.05, 3.63) is 94.4 Å². The molecule has 1 heterocycles. The van der Waals surface area contributed by atoms with Gasteiger partial charge in [-0.25, -0.2) is 4.79 Å². The molecule has 8 nitrogen and oxygen atoms in total. The van der Waals surface area contributed by atoms with E-state index < -0.39 is 17.9 Å². The molecule has 3 aromatic carbocycles. The summed E-state index contributed by atoms with van der Waals surface area (Å²) in [4.78, 5) is 39.2. The molecule has 172 valence electrons. The van der Waals surface area contributed by atoms with Crippen LogP contribution in [0, 0.1) is 0 Å². The number of esters is 1. The first kappa shape index (κ1) is 22.7. The van der Waals surface area contributed by atoms with Crippen molar-refractivity contribution in [2.45, 2.75) is 13.0 Å². The van der Waals surface area contributed by atoms with Gasteiger partial charge in [0.05, 0.1) is 30.9 Å². The minimum absolute atomic E-state index is 0.0691. The Labute approximate surface area is 195 Å². The summed E-state index contributed by atoms with van der Waals surface area (Å²) in [5.74, 6) is -0.451. The van der Waals surface area contributed by atoms with E-state index in [1.807, 2.05) is 6.07 Å². The third kappa shape index (κ3) is 4.25. The number of hydrogen-bond acceptors (Lipinski definition) is 7. The van der Waals surface area contributed by atoms with Crippen LogP contribution < -0.4 is 15.0 Å². The normalized spacial score (nSPS) is 11.6. The first-order valence-corrected chi connectivity index (χ1v) is 10.5. The second-order valence-corrected chi connectivity index (χ2v) is 7.42. The number of fused-ring (bicyclic) bond motifs is 1. The van der Waals surface area contributed by atoms with Crippen molar-refractivity contribution in [1.29, 1.82) is 0 Å². The lowest BCUT2D eigenvalue weighted by atomic mass is 10.1. The summed E-state index contributed by atoms with van der Waals surface area (Å²) >= 11 is 0. The smallest absolute Gasteiger partial charge is 0.360 e. The fourth-order valence-corrected chi connectivity index (χ4v) is 3.58. The van der Waals surface area contributed by atoms with Gasteiger partial charge in [0.2, 0.25) is 5.78 Å². The maximum Gasteiger partial charge on any atom is 0.360 e. The number of benzene rings is 3. The Morgan fingerprint density at radius 2 is 1.56 bits per heavy atom. The van der Waals surface area contributed by atoms with E-state index in [4.69, 9.17) is 14.2 Å². The third-order valence-corrected chi connectivity index (χ3v) is 5.33. The van der Waals surface area contributed by atoms with Crippen LogP contribution in [-0.4, -0.2) is 41.9 Å². The molecule has 1 atom stereocenters. The summed E-state index contributed by atoms with van der Waals surface area (Å²) in [6.07, 6.45) is -1.13. The van der Waals surface area contributed by atoms with Gasteiger partial charge < -0.3 is 14.2 Å². The number of aromatic nitrogens is 2. The molecule has 0 aliphatic carbocycles. The molecule has 0 saturated carbocycles. The molecule has 0 unspecified atom stereocenters. The standard InChI is InChI=1S/C26H22N2O6/c1-16(24(29)21-14-13-18(32-2)15-22(21)33-3)34-26(31)23-19-11-7-8-12-20(19)25(30)28(27-23)17-9-5-4-6-10-17/h4-16H,1-3H3/t16-/m1/s1. The Kier molecular flexibility index (Phi) is 6.40. The molecule has 0 spiro atoms. The summed E-state index contributed by atoms with van der Waals surface area (Å²) in [6.45, 7) is 1.47. The summed E-state index contributed by atoms with van der Waals surface area (Å²) in [5, 5.41) is 4.94. The lowest BCUT2D eigenvalue weighted by molar-refractivity contribution is 0.0312. The van der Waals surface area contributed by atoms with E-state index >= 15 is 0 Å². The van der Waals surface area contributed by atoms with Crippen molar-refractivity contribution in [1.82, 2.24) is 9.78 Å². The van der Waals surface area contributed by atoms with Crippen molar-refractivity contribution >= 4 is 22.5 Å². The number of para-hydroxylation sites is 1. The van der Waals surface area contributed by atoms with Crippen molar-refractivity contribution in [2.24, 2.45) is 0 Å². The summed E-state index contributed by atoms with van der Waals surface area (Å²) < 4.78 is 17.1. The van der Waals surface area contributed by atoms with Crippen molar-refractivity contribution in [3.63, 3.8) is 0 Å². The molecule has 0 aliphatic heterocycles. The molecular weight excluding hydrogens is 436 g/mol. The number of carbonyl (C=O) groups excluding carboxylic acids is 2. The van der Waals surface area contributed by atoms with Gasteiger partial charge in [-0.3, -0.25) is 9.59 Å². The van der Waals surface area contributed by atoms with E-state index in [9.17, 15) is 14.4 Å². The van der Waals surface area contributed by atoms with Gasteiger partial charge in [0, 0.05) is 11.5 Å². The molecule has 0 fully saturated rings. The number of methoxy groups -OCH3 is 2. The fraction of sp³-hybridized carbons (Fsp3) is 0.154. The zero-order chi connectivity index (χ0) is 24.2. The molecule has 4 rings (SSSR count). The number of hydrogen-bond donors (Lipinski definition) is 0. The number of nitrogens with zero attached hydrogens (tertiary/aromatic N) is 2. The lowest BCUT2D eigenvalue weighted by Crippen LogP contribution is -2.28. The number of carbonyl (C=O) groups is 2. The van der Waals surface area contributed by atoms with Gasteiger partial charge in [0.15, 0.2) is 11.8 Å². The first-order valence-electron chi connectivity index (χ1n) is 10.5. The van der Waals surface area contributed by atoms with Crippen molar-refractivity contribution < 1.29 is 23.8 Å². The van der Waals surface area contributed by atoms with Gasteiger partial charge in [-0.15, -0.1) is 0 Å². The van der Waals surface area contributed by atoms with Crippen LogP contribution in [0.3, 0.4) is 0 Å². The van der Waals surface area contributed by atoms with Crippen LogP contribution in [0.5, 0.6) is 11.5 Å². The highest BCUT2D eigenvalue weighted by Crippen LogP contribution is 2.26. The van der Waals surface area contributed by atoms with Gasteiger partial charge in [0.1, 0.15) is 11.5 Å². The molecule has 0 saturated heterocycles. The molecule has 0 N–H and O–H groups in total. The van der Waals surface area contributed by atoms with Gasteiger partial charge in [-0.2, -0.15) is 9.78 Å². The molecule has 1 aromatic heterocycles. The number of ketones is 1. The Hall–Kier alpha value is -4.46. The monoisotopic (exact) mass is 458 g/mol. The lowest BCUT2D eigenvalue weighted by Gasteiger charge is -2.16. The van der Waals surface area contributed by atoms with Crippen LogP contribution in [0.1, 0.15) is 27.8 Å². The molecular formula is C26H22N2O6. The molecule has 0 aliphatic rings. The number of Topliss-reactive ketones (excluding diaryl/α,β-unsaturated/α-hetero) is 1. The SMILES string of the molecule is COc1ccc(C(=O)[C@@H](C)OC(=O)c2nn(-c3ccccc3)c(=O)c3ccccc23)c(OC)c1. The predicted octanol–water partition coefficient (Wildman–Crippen LogP) is 3.83. The highest BCUT2D eigenvalue weighted by atomic mass is 16.5. The van der Waals surface area contributed by atoms with Crippen LogP contribution in [0.2, 0.25) is 0 Å². The summed E-state index contributed by atoms with van der Waals surface area (Å²) in [7, 11) is 2.94. The highest BCUT2D eigenvalue weighted by molar-refractivity contribution is 6.06. The predicted molar refractivity (Wildman–Crippen MR) is 126 cm³/mol. The molecule has 8 heteroatoms. The molecule has 0 bridgehead atoms. The summed E-state index contributed by atoms with van der Waals surface area (Å²) in [5.41, 5.74) is 0.306. The van der Waals surface area contributed by atoms with E-state index in [0.717, 1.165) is 4.68 Å². The molecule has 4 aromatic rings. The van der Waals surface area contributed by atoms with Crippen LogP contribution in [0.15, 0.2) is 77.6 Å². The average Bonchev–Trinajstić information content (AvgIpc) is 2.88. The van der Waals surface area contributed by atoms with Crippen LogP contribution in [-0.2, 0) is 4.74 Å². The van der Waals surface area contributed by atoms with Crippen molar-refractivity contribution in [3.8, 4) is 17.2 Å².